The Morgan fingerprint density at radius 2 is 1.87 bits per heavy atom. The molecule has 30 heavy (non-hydrogen) atoms. The predicted molar refractivity (Wildman–Crippen MR) is 120 cm³/mol. The Kier molecular flexibility index (Phi) is 5.67. The molecule has 0 radical (unpaired) electrons. The average molecular weight is 460 g/mol. The summed E-state index contributed by atoms with van der Waals surface area (Å²) >= 11 is 17.2. The lowest BCUT2D eigenvalue weighted by atomic mass is 10.2. The summed E-state index contributed by atoms with van der Waals surface area (Å²) < 4.78 is 19.1. The summed E-state index contributed by atoms with van der Waals surface area (Å²) in [5.41, 5.74) is 2.40. The number of oxazole rings is 1. The lowest BCUT2D eigenvalue weighted by Gasteiger charge is -2.10. The number of carbonyl (C=O) groups is 1. The molecular formula is C21H12Cl2FN3O2S. The van der Waals surface area contributed by atoms with Gasteiger partial charge in [0.1, 0.15) is 11.3 Å². The maximum Gasteiger partial charge on any atom is 0.258 e. The van der Waals surface area contributed by atoms with E-state index in [2.05, 4.69) is 15.6 Å². The van der Waals surface area contributed by atoms with Crippen LogP contribution in [0.4, 0.5) is 10.1 Å². The van der Waals surface area contributed by atoms with Gasteiger partial charge in [-0.25, -0.2) is 9.37 Å². The SMILES string of the molecule is O=C(NC(=S)Nc1ccc2oc(-c3cccc(F)c3)nc2c1)c1cccc(Cl)c1Cl. The van der Waals surface area contributed by atoms with Gasteiger partial charge in [0.05, 0.1) is 15.6 Å². The Balaban J connectivity index is 1.50. The minimum Gasteiger partial charge on any atom is -0.436 e. The number of fused-ring (bicyclic) bond motifs is 1. The number of aromatic nitrogens is 1. The highest BCUT2D eigenvalue weighted by Crippen LogP contribution is 2.27. The van der Waals surface area contributed by atoms with E-state index in [0.717, 1.165) is 0 Å². The van der Waals surface area contributed by atoms with Gasteiger partial charge in [0.2, 0.25) is 5.89 Å². The molecule has 0 bridgehead atoms. The standard InChI is InChI=1S/C21H12Cl2FN3O2S/c22-15-6-2-5-14(18(15)23)19(28)27-21(30)25-13-7-8-17-16(10-13)26-20(29-17)11-3-1-4-12(24)9-11/h1-10H,(H2,25,27,28,30). The van der Waals surface area contributed by atoms with Gasteiger partial charge < -0.3 is 9.73 Å². The molecule has 1 aromatic heterocycles. The van der Waals surface area contributed by atoms with Crippen molar-refractivity contribution in [2.75, 3.05) is 5.32 Å². The largest absolute Gasteiger partial charge is 0.436 e. The van der Waals surface area contributed by atoms with Gasteiger partial charge in [0.25, 0.3) is 5.91 Å². The van der Waals surface area contributed by atoms with E-state index in [1.54, 1.807) is 48.5 Å². The zero-order chi connectivity index (χ0) is 21.3. The summed E-state index contributed by atoms with van der Waals surface area (Å²) in [6, 6.07) is 15.8. The Morgan fingerprint density at radius 3 is 2.67 bits per heavy atom. The van der Waals surface area contributed by atoms with Crippen molar-refractivity contribution in [1.29, 1.82) is 0 Å². The summed E-state index contributed by atoms with van der Waals surface area (Å²) in [5.74, 6) is -0.568. The number of hydrogen-bond acceptors (Lipinski definition) is 4. The molecule has 0 aliphatic rings. The molecule has 0 aliphatic heterocycles. The smallest absolute Gasteiger partial charge is 0.258 e. The van der Waals surface area contributed by atoms with Crippen LogP contribution in [0.1, 0.15) is 10.4 Å². The van der Waals surface area contributed by atoms with Crippen molar-refractivity contribution in [3.8, 4) is 11.5 Å². The van der Waals surface area contributed by atoms with E-state index in [0.29, 0.717) is 28.2 Å². The second kappa shape index (κ2) is 8.39. The van der Waals surface area contributed by atoms with Crippen molar-refractivity contribution in [3.63, 3.8) is 0 Å². The fourth-order valence-corrected chi connectivity index (χ4v) is 3.36. The van der Waals surface area contributed by atoms with Crippen LogP contribution in [0.25, 0.3) is 22.6 Å². The first-order valence-corrected chi connectivity index (χ1v) is 9.80. The van der Waals surface area contributed by atoms with E-state index in [9.17, 15) is 9.18 Å². The highest BCUT2D eigenvalue weighted by Gasteiger charge is 2.15. The molecular weight excluding hydrogens is 448 g/mol. The van der Waals surface area contributed by atoms with Crippen LogP contribution in [0, 0.1) is 5.82 Å². The number of benzene rings is 3. The minimum atomic E-state index is -0.490. The second-order valence-corrected chi connectivity index (χ2v) is 7.41. The van der Waals surface area contributed by atoms with Gasteiger partial charge in [-0.3, -0.25) is 10.1 Å². The fourth-order valence-electron chi connectivity index (χ4n) is 2.76. The summed E-state index contributed by atoms with van der Waals surface area (Å²) in [6.07, 6.45) is 0. The van der Waals surface area contributed by atoms with Crippen molar-refractivity contribution in [3.05, 3.63) is 82.1 Å². The van der Waals surface area contributed by atoms with Gasteiger partial charge in [-0.15, -0.1) is 0 Å². The first-order valence-electron chi connectivity index (χ1n) is 8.63. The van der Waals surface area contributed by atoms with Crippen LogP contribution in [-0.4, -0.2) is 16.0 Å². The molecule has 2 N–H and O–H groups in total. The zero-order valence-electron chi connectivity index (χ0n) is 15.1. The third-order valence-electron chi connectivity index (χ3n) is 4.14. The Bertz CT molecular complexity index is 1290. The van der Waals surface area contributed by atoms with Crippen molar-refractivity contribution in [1.82, 2.24) is 10.3 Å². The fraction of sp³-hybridized carbons (Fsp3) is 0. The highest BCUT2D eigenvalue weighted by atomic mass is 35.5. The van der Waals surface area contributed by atoms with Crippen LogP contribution in [-0.2, 0) is 0 Å². The quantitative estimate of drug-likeness (QED) is 0.364. The molecule has 0 spiro atoms. The van der Waals surface area contributed by atoms with Crippen molar-refractivity contribution in [2.45, 2.75) is 0 Å². The highest BCUT2D eigenvalue weighted by molar-refractivity contribution is 7.80. The van der Waals surface area contributed by atoms with Crippen LogP contribution < -0.4 is 10.6 Å². The number of anilines is 1. The third-order valence-corrected chi connectivity index (χ3v) is 5.16. The lowest BCUT2D eigenvalue weighted by molar-refractivity contribution is 0.0978. The van der Waals surface area contributed by atoms with E-state index in [-0.39, 0.29) is 26.5 Å². The molecule has 0 saturated heterocycles. The normalized spacial score (nSPS) is 10.8. The predicted octanol–water partition coefficient (Wildman–Crippen LogP) is 6.07. The topological polar surface area (TPSA) is 67.2 Å². The van der Waals surface area contributed by atoms with Crippen LogP contribution in [0.5, 0.6) is 0 Å². The number of nitrogens with zero attached hydrogens (tertiary/aromatic N) is 1. The number of amides is 1. The molecule has 4 aromatic rings. The van der Waals surface area contributed by atoms with Crippen LogP contribution >= 0.6 is 35.4 Å². The summed E-state index contributed by atoms with van der Waals surface area (Å²) in [5, 5.41) is 5.95. The number of thiocarbonyl (C=S) groups is 1. The average Bonchev–Trinajstić information content (AvgIpc) is 3.13. The van der Waals surface area contributed by atoms with Gasteiger partial charge in [0.15, 0.2) is 10.7 Å². The third kappa shape index (κ3) is 4.28. The number of halogens is 3. The molecule has 0 unspecified atom stereocenters. The van der Waals surface area contributed by atoms with E-state index < -0.39 is 5.91 Å². The second-order valence-electron chi connectivity index (χ2n) is 6.22. The first-order chi connectivity index (χ1) is 14.4. The number of nitrogens with one attached hydrogen (secondary N) is 2. The van der Waals surface area contributed by atoms with Gasteiger partial charge in [-0.1, -0.05) is 35.3 Å². The van der Waals surface area contributed by atoms with E-state index >= 15 is 0 Å². The molecule has 1 heterocycles. The molecule has 0 atom stereocenters. The lowest BCUT2D eigenvalue weighted by Crippen LogP contribution is -2.34. The molecule has 9 heteroatoms. The summed E-state index contributed by atoms with van der Waals surface area (Å²) in [7, 11) is 0. The van der Waals surface area contributed by atoms with Crippen LogP contribution in [0.3, 0.4) is 0 Å². The molecule has 0 saturated carbocycles. The van der Waals surface area contributed by atoms with E-state index in [4.69, 9.17) is 39.8 Å². The molecule has 0 fully saturated rings. The first kappa shape index (κ1) is 20.3. The van der Waals surface area contributed by atoms with Crippen LogP contribution in [0.15, 0.2) is 65.1 Å². The van der Waals surface area contributed by atoms with Crippen molar-refractivity contribution < 1.29 is 13.6 Å². The molecule has 3 aromatic carbocycles. The maximum atomic E-state index is 13.4. The van der Waals surface area contributed by atoms with Crippen LogP contribution in [0.2, 0.25) is 10.0 Å². The zero-order valence-corrected chi connectivity index (χ0v) is 17.4. The molecule has 5 nitrogen and oxygen atoms in total. The maximum absolute atomic E-state index is 13.4. The summed E-state index contributed by atoms with van der Waals surface area (Å²) in [4.78, 5) is 16.8. The van der Waals surface area contributed by atoms with Gasteiger partial charge in [-0.05, 0) is 60.7 Å². The van der Waals surface area contributed by atoms with E-state index in [1.807, 2.05) is 0 Å². The Morgan fingerprint density at radius 1 is 1.07 bits per heavy atom. The molecule has 1 amide bonds. The molecule has 4 rings (SSSR count). The van der Waals surface area contributed by atoms with Crippen molar-refractivity contribution >= 4 is 63.2 Å². The molecule has 150 valence electrons. The molecule has 0 aliphatic carbocycles. The van der Waals surface area contributed by atoms with Crippen molar-refractivity contribution in [2.24, 2.45) is 0 Å². The van der Waals surface area contributed by atoms with E-state index in [1.165, 1.54) is 12.1 Å². The minimum absolute atomic E-state index is 0.0734. The monoisotopic (exact) mass is 459 g/mol. The van der Waals surface area contributed by atoms with Gasteiger partial charge in [-0.2, -0.15) is 0 Å². The number of carbonyl (C=O) groups excluding carboxylic acids is 1. The van der Waals surface area contributed by atoms with Gasteiger partial charge in [0, 0.05) is 11.3 Å². The van der Waals surface area contributed by atoms with Gasteiger partial charge >= 0.3 is 0 Å². The Hall–Kier alpha value is -3.00. The number of hydrogen-bond donors (Lipinski definition) is 2. The number of rotatable bonds is 3. The Labute approximate surface area is 185 Å². The summed E-state index contributed by atoms with van der Waals surface area (Å²) in [6.45, 7) is 0.